The molecule has 0 aliphatic rings. The van der Waals surface area contributed by atoms with Crippen LogP contribution >= 0.6 is 0 Å². The van der Waals surface area contributed by atoms with Gasteiger partial charge in [-0.1, -0.05) is 0 Å². The lowest BCUT2D eigenvalue weighted by atomic mass is 9.99. The molecule has 0 bridgehead atoms. The number of nitrogens with zero attached hydrogens (tertiary/aromatic N) is 2. The van der Waals surface area contributed by atoms with Gasteiger partial charge in [-0.25, -0.2) is 9.79 Å². The molecule has 0 fully saturated rings. The molecule has 0 aromatic carbocycles. The van der Waals surface area contributed by atoms with Crippen LogP contribution in [-0.2, 0) is 15.9 Å². The Morgan fingerprint density at radius 3 is 2.95 bits per heavy atom. The van der Waals surface area contributed by atoms with Gasteiger partial charge in [0.05, 0.1) is 5.69 Å². The Balaban J connectivity index is 2.73. The number of amidine groups is 1. The number of methoxy groups -OCH3 is 1. The van der Waals surface area contributed by atoms with Crippen molar-refractivity contribution >= 4 is 18.3 Å². The summed E-state index contributed by atoms with van der Waals surface area (Å²) in [7, 11) is 1.32. The summed E-state index contributed by atoms with van der Waals surface area (Å²) >= 11 is 0. The zero-order valence-corrected chi connectivity index (χ0v) is 12.0. The summed E-state index contributed by atoms with van der Waals surface area (Å²) < 4.78 is 9.56. The quantitative estimate of drug-likeness (QED) is 0.317. The third-order valence-electron chi connectivity index (χ3n) is 3.05. The average Bonchev–Trinajstić information content (AvgIpc) is 2.97. The number of aryl methyl sites for hydroxylation is 1. The minimum Gasteiger partial charge on any atom is -0.450 e. The molecule has 0 spiro atoms. The smallest absolute Gasteiger partial charge is 0.450 e. The molecule has 1 atom stereocenters. The molecule has 5 N–H and O–H groups in total. The molecule has 0 radical (unpaired) electrons. The highest BCUT2D eigenvalue weighted by molar-refractivity contribution is 5.99. The molecule has 1 heterocycles. The summed E-state index contributed by atoms with van der Waals surface area (Å²) in [6.07, 6.45) is 0.0245. The third kappa shape index (κ3) is 4.60. The first kappa shape index (κ1) is 17.2. The van der Waals surface area contributed by atoms with E-state index in [0.717, 1.165) is 12.0 Å². The van der Waals surface area contributed by atoms with Gasteiger partial charge in [0.15, 0.2) is 5.60 Å². The van der Waals surface area contributed by atoms with Crippen LogP contribution in [0.4, 0.5) is 4.79 Å². The van der Waals surface area contributed by atoms with Gasteiger partial charge in [-0.2, -0.15) is 5.26 Å². The maximum Gasteiger partial charge on any atom is 0.505 e. The van der Waals surface area contributed by atoms with Gasteiger partial charge < -0.3 is 25.3 Å². The van der Waals surface area contributed by atoms with Gasteiger partial charge in [0.1, 0.15) is 24.9 Å². The Morgan fingerprint density at radius 1 is 1.68 bits per heavy atom. The van der Waals surface area contributed by atoms with Gasteiger partial charge >= 0.3 is 6.16 Å². The number of H-pyrrole nitrogens is 1. The number of hydrogen-bond acceptors (Lipinski definition) is 5. The van der Waals surface area contributed by atoms with Crippen molar-refractivity contribution < 1.29 is 19.4 Å². The number of aromatic nitrogens is 1. The number of aromatic amines is 1. The van der Waals surface area contributed by atoms with Crippen LogP contribution in [0.3, 0.4) is 0 Å². The zero-order valence-electron chi connectivity index (χ0n) is 12.0. The van der Waals surface area contributed by atoms with E-state index in [0.29, 0.717) is 12.1 Å². The Labute approximate surface area is 126 Å². The predicted octanol–water partition coefficient (Wildman–Crippen LogP) is 0.863. The summed E-state index contributed by atoms with van der Waals surface area (Å²) in [4.78, 5) is 17.1. The van der Waals surface area contributed by atoms with Crippen molar-refractivity contribution in [3.8, 4) is 6.07 Å². The molecule has 0 saturated heterocycles. The van der Waals surface area contributed by atoms with Crippen LogP contribution in [0.1, 0.15) is 17.8 Å². The number of aliphatic imine (C=N–C) groups is 1. The van der Waals surface area contributed by atoms with Crippen LogP contribution < -0.4 is 5.73 Å². The topological polar surface area (TPSA) is 158 Å². The Kier molecular flexibility index (Phi) is 6.09. The molecule has 1 aromatic rings. The molecule has 1 aromatic heterocycles. The van der Waals surface area contributed by atoms with Crippen molar-refractivity contribution in [1.29, 1.82) is 10.7 Å². The van der Waals surface area contributed by atoms with Gasteiger partial charge in [-0.3, -0.25) is 5.41 Å². The fourth-order valence-corrected chi connectivity index (χ4v) is 1.76. The van der Waals surface area contributed by atoms with Crippen LogP contribution in [-0.4, -0.2) is 47.7 Å². The Morgan fingerprint density at radius 2 is 2.41 bits per heavy atom. The number of carbonyl (C=O) groups is 1. The average molecular weight is 307 g/mol. The number of rotatable bonds is 8. The standard InChI is InChI=1S/C13H17N5O4/c1-21-13(6-14,7-22-12(19)20)5-4-9-2-3-10(18-9)11(16)17-8-15/h2-3,8,18H,4-5,7H2,1H3,(H,19,20)(H3,15,16,17). The number of nitrogens with two attached hydrogens (primary N) is 1. The fraction of sp³-hybridized carbons (Fsp3) is 0.385. The number of ether oxygens (including phenoxy) is 2. The molecule has 0 saturated carbocycles. The van der Waals surface area contributed by atoms with Gasteiger partial charge in [0, 0.05) is 12.8 Å². The molecular weight excluding hydrogens is 290 g/mol. The van der Waals surface area contributed by atoms with Crippen LogP contribution in [0.5, 0.6) is 0 Å². The molecule has 22 heavy (non-hydrogen) atoms. The van der Waals surface area contributed by atoms with E-state index < -0.39 is 11.8 Å². The lowest BCUT2D eigenvalue weighted by Crippen LogP contribution is -2.36. The van der Waals surface area contributed by atoms with Gasteiger partial charge in [0.25, 0.3) is 0 Å². The first-order valence-electron chi connectivity index (χ1n) is 6.29. The van der Waals surface area contributed by atoms with Crippen LogP contribution in [0.2, 0.25) is 0 Å². The van der Waals surface area contributed by atoms with Gasteiger partial charge in [-0.15, -0.1) is 0 Å². The van der Waals surface area contributed by atoms with Gasteiger partial charge in [-0.05, 0) is 25.0 Å². The van der Waals surface area contributed by atoms with E-state index >= 15 is 0 Å². The number of nitriles is 1. The van der Waals surface area contributed by atoms with E-state index in [1.807, 2.05) is 6.07 Å². The molecule has 9 heteroatoms. The maximum atomic E-state index is 10.5. The fourth-order valence-electron chi connectivity index (χ4n) is 1.76. The highest BCUT2D eigenvalue weighted by Gasteiger charge is 2.31. The number of nitrogens with one attached hydrogen (secondary N) is 2. The van der Waals surface area contributed by atoms with Crippen molar-refractivity contribution in [1.82, 2.24) is 4.98 Å². The number of carboxylic acid groups (broad SMARTS) is 1. The van der Waals surface area contributed by atoms with Crippen molar-refractivity contribution in [3.05, 3.63) is 23.5 Å². The van der Waals surface area contributed by atoms with E-state index in [1.54, 1.807) is 12.1 Å². The SMILES string of the molecule is COC(C#N)(CCc1ccc(C(N)=NC=N)[nH]1)COC(=O)O. The lowest BCUT2D eigenvalue weighted by Gasteiger charge is -2.23. The minimum atomic E-state index is -1.46. The largest absolute Gasteiger partial charge is 0.505 e. The highest BCUT2D eigenvalue weighted by Crippen LogP contribution is 2.18. The zero-order chi connectivity index (χ0) is 16.6. The predicted molar refractivity (Wildman–Crippen MR) is 78.0 cm³/mol. The van der Waals surface area contributed by atoms with Crippen LogP contribution in [0.15, 0.2) is 17.1 Å². The first-order valence-corrected chi connectivity index (χ1v) is 6.29. The second-order valence-corrected chi connectivity index (χ2v) is 4.41. The first-order chi connectivity index (χ1) is 10.5. The molecule has 0 amide bonds. The molecule has 9 nitrogen and oxygen atoms in total. The molecule has 1 rings (SSSR count). The van der Waals surface area contributed by atoms with E-state index in [-0.39, 0.29) is 18.9 Å². The van der Waals surface area contributed by atoms with E-state index in [4.69, 9.17) is 21.0 Å². The maximum absolute atomic E-state index is 10.5. The van der Waals surface area contributed by atoms with Gasteiger partial charge in [0.2, 0.25) is 0 Å². The second-order valence-electron chi connectivity index (χ2n) is 4.41. The van der Waals surface area contributed by atoms with E-state index in [2.05, 4.69) is 14.7 Å². The summed E-state index contributed by atoms with van der Waals surface area (Å²) in [5.41, 5.74) is 5.61. The van der Waals surface area contributed by atoms with Crippen molar-refractivity contribution in [2.45, 2.75) is 18.4 Å². The molecular formula is C13H17N5O4. The van der Waals surface area contributed by atoms with Crippen molar-refractivity contribution in [2.24, 2.45) is 10.7 Å². The summed E-state index contributed by atoms with van der Waals surface area (Å²) in [6, 6.07) is 5.40. The molecule has 0 aliphatic heterocycles. The highest BCUT2D eigenvalue weighted by atomic mass is 16.7. The second kappa shape index (κ2) is 7.80. The van der Waals surface area contributed by atoms with E-state index in [1.165, 1.54) is 7.11 Å². The normalized spacial score (nSPS) is 13.9. The summed E-state index contributed by atoms with van der Waals surface area (Å²) in [5.74, 6) is 0.175. The van der Waals surface area contributed by atoms with Crippen molar-refractivity contribution in [2.75, 3.05) is 13.7 Å². The lowest BCUT2D eigenvalue weighted by molar-refractivity contribution is -0.0310. The molecule has 1 unspecified atom stereocenters. The van der Waals surface area contributed by atoms with Crippen molar-refractivity contribution in [3.63, 3.8) is 0 Å². The minimum absolute atomic E-state index is 0.175. The molecule has 0 aliphatic carbocycles. The molecule has 118 valence electrons. The Hall–Kier alpha value is -2.86. The summed E-state index contributed by atoms with van der Waals surface area (Å²) in [5, 5.41) is 24.6. The monoisotopic (exact) mass is 307 g/mol. The Bertz CT molecular complexity index is 604. The summed E-state index contributed by atoms with van der Waals surface area (Å²) in [6.45, 7) is -0.375. The van der Waals surface area contributed by atoms with E-state index in [9.17, 15) is 10.1 Å². The number of hydrogen-bond donors (Lipinski definition) is 4. The van der Waals surface area contributed by atoms with Crippen LogP contribution in [0.25, 0.3) is 0 Å². The van der Waals surface area contributed by atoms with Crippen LogP contribution in [0, 0.1) is 16.7 Å². The third-order valence-corrected chi connectivity index (χ3v) is 3.05.